The third-order valence-corrected chi connectivity index (χ3v) is 8.35. The van der Waals surface area contributed by atoms with Crippen LogP contribution in [0.2, 0.25) is 0 Å². The molecule has 0 spiro atoms. The molecular formula is C22H33N3O4S. The first-order valence-electron chi connectivity index (χ1n) is 11.3. The second-order valence-electron chi connectivity index (χ2n) is 8.55. The van der Waals surface area contributed by atoms with Gasteiger partial charge in [-0.25, -0.2) is 8.42 Å². The summed E-state index contributed by atoms with van der Waals surface area (Å²) in [6.45, 7) is 3.30. The average molecular weight is 436 g/mol. The predicted molar refractivity (Wildman–Crippen MR) is 116 cm³/mol. The number of ether oxygens (including phenoxy) is 1. The van der Waals surface area contributed by atoms with Crippen LogP contribution in [0, 0.1) is 0 Å². The normalized spacial score (nSPS) is 22.1. The van der Waals surface area contributed by atoms with E-state index in [-0.39, 0.29) is 16.8 Å². The molecule has 4 rings (SSSR count). The van der Waals surface area contributed by atoms with Gasteiger partial charge in [0, 0.05) is 37.9 Å². The fraction of sp³-hybridized carbons (Fsp3) is 0.682. The van der Waals surface area contributed by atoms with E-state index >= 15 is 0 Å². The second-order valence-corrected chi connectivity index (χ2v) is 10.5. The molecule has 1 saturated carbocycles. The number of carbonyl (C=O) groups is 1. The number of benzene rings is 1. The summed E-state index contributed by atoms with van der Waals surface area (Å²) in [4.78, 5) is 15.7. The molecule has 2 heterocycles. The lowest BCUT2D eigenvalue weighted by Crippen LogP contribution is -2.41. The van der Waals surface area contributed by atoms with Gasteiger partial charge in [0.1, 0.15) is 0 Å². The number of hydrogen-bond acceptors (Lipinski definition) is 5. The first-order valence-corrected chi connectivity index (χ1v) is 12.8. The maximum atomic E-state index is 13.3. The molecule has 1 aliphatic carbocycles. The van der Waals surface area contributed by atoms with E-state index in [2.05, 4.69) is 10.2 Å². The highest BCUT2D eigenvalue weighted by atomic mass is 32.2. The Bertz CT molecular complexity index is 838. The van der Waals surface area contributed by atoms with Gasteiger partial charge < -0.3 is 15.0 Å². The smallest absolute Gasteiger partial charge is 0.253 e. The summed E-state index contributed by atoms with van der Waals surface area (Å²) in [6.07, 6.45) is 8.89. The van der Waals surface area contributed by atoms with Crippen molar-refractivity contribution in [3.63, 3.8) is 0 Å². The minimum Gasteiger partial charge on any atom is -0.379 e. The number of rotatable bonds is 5. The summed E-state index contributed by atoms with van der Waals surface area (Å²) in [7, 11) is -3.64. The van der Waals surface area contributed by atoms with Crippen LogP contribution in [0.25, 0.3) is 0 Å². The molecule has 0 radical (unpaired) electrons. The van der Waals surface area contributed by atoms with Crippen LogP contribution in [-0.2, 0) is 14.8 Å². The Hall–Kier alpha value is -1.64. The first kappa shape index (κ1) is 21.6. The summed E-state index contributed by atoms with van der Waals surface area (Å²) in [5.41, 5.74) is 1.33. The molecule has 3 fully saturated rings. The van der Waals surface area contributed by atoms with Crippen molar-refractivity contribution in [3.05, 3.63) is 23.8 Å². The standard InChI is InChI=1S/C22H33N3O4S/c26-22(23-18-7-3-1-2-4-8-18)20-17-19(9-10-21(20)24-11-5-6-12-24)30(27,28)25-13-15-29-16-14-25/h9-10,17-18H,1-8,11-16H2,(H,23,26). The summed E-state index contributed by atoms with van der Waals surface area (Å²) >= 11 is 0. The molecule has 7 nitrogen and oxygen atoms in total. The molecule has 2 saturated heterocycles. The van der Waals surface area contributed by atoms with Crippen molar-refractivity contribution < 1.29 is 17.9 Å². The monoisotopic (exact) mass is 435 g/mol. The van der Waals surface area contributed by atoms with E-state index < -0.39 is 10.0 Å². The Balaban J connectivity index is 1.63. The van der Waals surface area contributed by atoms with Crippen LogP contribution in [0.1, 0.15) is 61.7 Å². The van der Waals surface area contributed by atoms with Gasteiger partial charge in [-0.3, -0.25) is 4.79 Å². The lowest BCUT2D eigenvalue weighted by atomic mass is 10.1. The van der Waals surface area contributed by atoms with Crippen molar-refractivity contribution in [2.45, 2.75) is 62.3 Å². The Morgan fingerprint density at radius 3 is 2.27 bits per heavy atom. The number of morpholine rings is 1. The molecular weight excluding hydrogens is 402 g/mol. The fourth-order valence-electron chi connectivity index (χ4n) is 4.71. The molecule has 30 heavy (non-hydrogen) atoms. The number of amides is 1. The van der Waals surface area contributed by atoms with Crippen LogP contribution < -0.4 is 10.2 Å². The summed E-state index contributed by atoms with van der Waals surface area (Å²) in [6, 6.07) is 5.23. The van der Waals surface area contributed by atoms with Crippen LogP contribution in [0.4, 0.5) is 5.69 Å². The quantitative estimate of drug-likeness (QED) is 0.720. The Morgan fingerprint density at radius 1 is 0.933 bits per heavy atom. The van der Waals surface area contributed by atoms with Gasteiger partial charge in [-0.15, -0.1) is 0 Å². The minimum atomic E-state index is -3.64. The second kappa shape index (κ2) is 9.66. The predicted octanol–water partition coefficient (Wildman–Crippen LogP) is 2.76. The number of sulfonamides is 1. The lowest BCUT2D eigenvalue weighted by Gasteiger charge is -2.27. The van der Waals surface area contributed by atoms with Crippen LogP contribution in [0.3, 0.4) is 0 Å². The van der Waals surface area contributed by atoms with Gasteiger partial charge >= 0.3 is 0 Å². The van der Waals surface area contributed by atoms with Crippen LogP contribution in [-0.4, -0.2) is 64.1 Å². The summed E-state index contributed by atoms with van der Waals surface area (Å²) in [5, 5.41) is 3.20. The molecule has 2 aliphatic heterocycles. The largest absolute Gasteiger partial charge is 0.379 e. The number of carbonyl (C=O) groups excluding carboxylic acids is 1. The molecule has 1 amide bonds. The summed E-state index contributed by atoms with van der Waals surface area (Å²) in [5.74, 6) is -0.150. The zero-order chi connectivity index (χ0) is 21.0. The van der Waals surface area contributed by atoms with Crippen molar-refractivity contribution in [1.82, 2.24) is 9.62 Å². The van der Waals surface area contributed by atoms with Gasteiger partial charge in [-0.1, -0.05) is 25.7 Å². The van der Waals surface area contributed by atoms with Crippen molar-refractivity contribution in [2.75, 3.05) is 44.3 Å². The first-order chi connectivity index (χ1) is 14.6. The van der Waals surface area contributed by atoms with Gasteiger partial charge in [-0.05, 0) is 43.9 Å². The number of anilines is 1. The highest BCUT2D eigenvalue weighted by Crippen LogP contribution is 2.29. The van der Waals surface area contributed by atoms with Gasteiger partial charge in [-0.2, -0.15) is 4.31 Å². The number of hydrogen-bond donors (Lipinski definition) is 1. The topological polar surface area (TPSA) is 79.0 Å². The molecule has 0 atom stereocenters. The van der Waals surface area contributed by atoms with Gasteiger partial charge in [0.05, 0.1) is 23.7 Å². The molecule has 0 unspecified atom stereocenters. The zero-order valence-corrected chi connectivity index (χ0v) is 18.5. The van der Waals surface area contributed by atoms with Crippen LogP contribution in [0.15, 0.2) is 23.1 Å². The highest BCUT2D eigenvalue weighted by molar-refractivity contribution is 7.89. The van der Waals surface area contributed by atoms with E-state index in [4.69, 9.17) is 4.74 Å². The van der Waals surface area contributed by atoms with Gasteiger partial charge in [0.2, 0.25) is 10.0 Å². The van der Waals surface area contributed by atoms with Crippen molar-refractivity contribution in [1.29, 1.82) is 0 Å². The summed E-state index contributed by atoms with van der Waals surface area (Å²) < 4.78 is 33.1. The fourth-order valence-corrected chi connectivity index (χ4v) is 6.15. The van der Waals surface area contributed by atoms with Crippen molar-refractivity contribution in [2.24, 2.45) is 0 Å². The van der Waals surface area contributed by atoms with Gasteiger partial charge in [0.15, 0.2) is 0 Å². The van der Waals surface area contributed by atoms with E-state index in [9.17, 15) is 13.2 Å². The van der Waals surface area contributed by atoms with E-state index in [1.165, 1.54) is 17.1 Å². The molecule has 1 N–H and O–H groups in total. The zero-order valence-electron chi connectivity index (χ0n) is 17.6. The maximum absolute atomic E-state index is 13.3. The minimum absolute atomic E-state index is 0.150. The molecule has 3 aliphatic rings. The van der Waals surface area contributed by atoms with E-state index in [0.29, 0.717) is 31.9 Å². The molecule has 166 valence electrons. The van der Waals surface area contributed by atoms with E-state index in [1.807, 2.05) is 6.07 Å². The van der Waals surface area contributed by atoms with Crippen molar-refractivity contribution in [3.8, 4) is 0 Å². The third-order valence-electron chi connectivity index (χ3n) is 6.46. The molecule has 0 aromatic heterocycles. The van der Waals surface area contributed by atoms with Gasteiger partial charge in [0.25, 0.3) is 5.91 Å². The highest BCUT2D eigenvalue weighted by Gasteiger charge is 2.29. The van der Waals surface area contributed by atoms with E-state index in [1.54, 1.807) is 12.1 Å². The Morgan fingerprint density at radius 2 is 1.60 bits per heavy atom. The molecule has 1 aromatic carbocycles. The number of nitrogens with zero attached hydrogens (tertiary/aromatic N) is 2. The van der Waals surface area contributed by atoms with Crippen LogP contribution >= 0.6 is 0 Å². The van der Waals surface area contributed by atoms with E-state index in [0.717, 1.165) is 57.3 Å². The maximum Gasteiger partial charge on any atom is 0.253 e. The molecule has 0 bridgehead atoms. The number of nitrogens with one attached hydrogen (secondary N) is 1. The van der Waals surface area contributed by atoms with Crippen LogP contribution in [0.5, 0.6) is 0 Å². The molecule has 1 aromatic rings. The third kappa shape index (κ3) is 4.81. The lowest BCUT2D eigenvalue weighted by molar-refractivity contribution is 0.0730. The Kier molecular flexibility index (Phi) is 6.95. The SMILES string of the molecule is O=C(NC1CCCCCC1)c1cc(S(=O)(=O)N2CCOCC2)ccc1N1CCCC1. The average Bonchev–Trinajstić information content (AvgIpc) is 3.19. The Labute approximate surface area is 179 Å². The molecule has 8 heteroatoms. The van der Waals surface area contributed by atoms with Crippen molar-refractivity contribution >= 4 is 21.6 Å².